The molecule has 0 saturated carbocycles. The summed E-state index contributed by atoms with van der Waals surface area (Å²) in [5.41, 5.74) is 5.22. The van der Waals surface area contributed by atoms with Crippen molar-refractivity contribution in [2.45, 2.75) is 6.92 Å². The fourth-order valence-electron chi connectivity index (χ4n) is 3.01. The molecule has 1 aromatic heterocycles. The van der Waals surface area contributed by atoms with Gasteiger partial charge in [0.1, 0.15) is 17.0 Å². The van der Waals surface area contributed by atoms with Crippen LogP contribution in [0.3, 0.4) is 0 Å². The van der Waals surface area contributed by atoms with Crippen molar-refractivity contribution >= 4 is 22.9 Å². The molecule has 5 heteroatoms. The Morgan fingerprint density at radius 3 is 2.59 bits per heavy atom. The number of amides is 1. The molecule has 3 aromatic carbocycles. The number of nitrogens with zero attached hydrogens (tertiary/aromatic N) is 2. The summed E-state index contributed by atoms with van der Waals surface area (Å²) in [7, 11) is 0. The number of fused-ring (bicyclic) bond motifs is 1. The number of aromatic nitrogens is 1. The third kappa shape index (κ3) is 3.35. The minimum atomic E-state index is -0.357. The molecule has 0 aliphatic carbocycles. The highest BCUT2D eigenvalue weighted by Crippen LogP contribution is 2.25. The number of nitrogens with one attached hydrogen (secondary N) is 1. The molecule has 0 atom stereocenters. The minimum Gasteiger partial charge on any atom is -0.360 e. The Labute approximate surface area is 156 Å². The van der Waals surface area contributed by atoms with Crippen molar-refractivity contribution in [3.05, 3.63) is 89.7 Å². The second kappa shape index (κ2) is 7.25. The largest absolute Gasteiger partial charge is 0.360 e. The van der Waals surface area contributed by atoms with Gasteiger partial charge in [-0.2, -0.15) is 5.10 Å². The van der Waals surface area contributed by atoms with Crippen molar-refractivity contribution in [2.75, 3.05) is 0 Å². The second-order valence-corrected chi connectivity index (χ2v) is 6.10. The highest BCUT2D eigenvalue weighted by atomic mass is 16.5. The molecular weight excluding hydrogens is 338 g/mol. The Morgan fingerprint density at radius 2 is 1.74 bits per heavy atom. The first-order valence-electron chi connectivity index (χ1n) is 8.57. The maximum absolute atomic E-state index is 12.6. The summed E-state index contributed by atoms with van der Waals surface area (Å²) in [4.78, 5) is 12.6. The molecule has 0 aliphatic rings. The van der Waals surface area contributed by atoms with Gasteiger partial charge in [-0.25, -0.2) is 5.43 Å². The predicted molar refractivity (Wildman–Crippen MR) is 106 cm³/mol. The number of hydrogen-bond donors (Lipinski definition) is 1. The van der Waals surface area contributed by atoms with Gasteiger partial charge < -0.3 is 4.52 Å². The Hall–Kier alpha value is -3.73. The molecule has 5 nitrogen and oxygen atoms in total. The number of carbonyl (C=O) groups excluding carboxylic acids is 1. The number of rotatable bonds is 4. The van der Waals surface area contributed by atoms with Crippen LogP contribution in [0.1, 0.15) is 21.7 Å². The number of aryl methyl sites for hydroxylation is 1. The van der Waals surface area contributed by atoms with Crippen LogP contribution in [0.25, 0.3) is 22.0 Å². The second-order valence-electron chi connectivity index (χ2n) is 6.10. The summed E-state index contributed by atoms with van der Waals surface area (Å²) >= 11 is 0. The van der Waals surface area contributed by atoms with E-state index in [-0.39, 0.29) is 5.91 Å². The Balaban J connectivity index is 1.59. The van der Waals surface area contributed by atoms with Crippen LogP contribution < -0.4 is 5.43 Å². The standard InChI is InChI=1S/C22H17N3O2/c1-15-20(21(25-27-15)17-9-3-2-4-10-17)22(26)24-23-14-18-12-7-11-16-8-5-6-13-19(16)18/h2-14H,1H3,(H,24,26)/b23-14+. The van der Waals surface area contributed by atoms with E-state index in [0.717, 1.165) is 21.9 Å². The monoisotopic (exact) mass is 355 g/mol. The van der Waals surface area contributed by atoms with E-state index < -0.39 is 0 Å². The van der Waals surface area contributed by atoms with E-state index in [9.17, 15) is 4.79 Å². The summed E-state index contributed by atoms with van der Waals surface area (Å²) in [5, 5.41) is 10.3. The maximum Gasteiger partial charge on any atom is 0.277 e. The molecule has 4 rings (SSSR count). The van der Waals surface area contributed by atoms with E-state index in [2.05, 4.69) is 15.7 Å². The minimum absolute atomic E-state index is 0.357. The van der Waals surface area contributed by atoms with E-state index in [1.165, 1.54) is 0 Å². The van der Waals surface area contributed by atoms with Gasteiger partial charge in [0.2, 0.25) is 0 Å². The van der Waals surface area contributed by atoms with Gasteiger partial charge in [0.05, 0.1) is 6.21 Å². The lowest BCUT2D eigenvalue weighted by molar-refractivity contribution is 0.0954. The normalized spacial score (nSPS) is 11.1. The third-order valence-corrected chi connectivity index (χ3v) is 4.33. The highest BCUT2D eigenvalue weighted by molar-refractivity contribution is 6.02. The van der Waals surface area contributed by atoms with Crippen LogP contribution in [0, 0.1) is 6.92 Å². The molecule has 1 N–H and O–H groups in total. The lowest BCUT2D eigenvalue weighted by Gasteiger charge is -2.03. The van der Waals surface area contributed by atoms with Crippen LogP contribution in [0.5, 0.6) is 0 Å². The van der Waals surface area contributed by atoms with Gasteiger partial charge in [-0.05, 0) is 17.7 Å². The van der Waals surface area contributed by atoms with Gasteiger partial charge in [-0.1, -0.05) is 78.0 Å². The lowest BCUT2D eigenvalue weighted by atomic mass is 10.1. The first-order chi connectivity index (χ1) is 13.2. The van der Waals surface area contributed by atoms with Crippen LogP contribution in [0.2, 0.25) is 0 Å². The van der Waals surface area contributed by atoms with Gasteiger partial charge in [0.25, 0.3) is 5.91 Å². The van der Waals surface area contributed by atoms with E-state index in [4.69, 9.17) is 4.52 Å². The molecule has 0 unspecified atom stereocenters. The van der Waals surface area contributed by atoms with Gasteiger partial charge in [0, 0.05) is 11.1 Å². The molecule has 1 heterocycles. The zero-order valence-electron chi connectivity index (χ0n) is 14.7. The van der Waals surface area contributed by atoms with Gasteiger partial charge in [0.15, 0.2) is 0 Å². The van der Waals surface area contributed by atoms with Crippen molar-refractivity contribution in [3.8, 4) is 11.3 Å². The molecule has 0 spiro atoms. The predicted octanol–water partition coefficient (Wildman–Crippen LogP) is 4.57. The first kappa shape index (κ1) is 16.7. The molecule has 0 aliphatic heterocycles. The van der Waals surface area contributed by atoms with E-state index in [1.807, 2.05) is 72.8 Å². The lowest BCUT2D eigenvalue weighted by Crippen LogP contribution is -2.18. The van der Waals surface area contributed by atoms with Crippen molar-refractivity contribution in [1.29, 1.82) is 0 Å². The molecule has 0 saturated heterocycles. The number of benzene rings is 3. The molecular formula is C22H17N3O2. The maximum atomic E-state index is 12.6. The van der Waals surface area contributed by atoms with Gasteiger partial charge >= 0.3 is 0 Å². The molecule has 132 valence electrons. The van der Waals surface area contributed by atoms with Crippen LogP contribution >= 0.6 is 0 Å². The van der Waals surface area contributed by atoms with E-state index in [0.29, 0.717) is 17.0 Å². The zero-order chi connectivity index (χ0) is 18.6. The molecule has 4 aromatic rings. The summed E-state index contributed by atoms with van der Waals surface area (Å²) in [6, 6.07) is 23.4. The van der Waals surface area contributed by atoms with Crippen molar-refractivity contribution < 1.29 is 9.32 Å². The molecule has 0 radical (unpaired) electrons. The summed E-state index contributed by atoms with van der Waals surface area (Å²) in [5.74, 6) is 0.0933. The molecule has 0 fully saturated rings. The Kier molecular flexibility index (Phi) is 4.49. The SMILES string of the molecule is Cc1onc(-c2ccccc2)c1C(=O)N/N=C/c1cccc2ccccc12. The van der Waals surface area contributed by atoms with Crippen molar-refractivity contribution in [3.63, 3.8) is 0 Å². The average molecular weight is 355 g/mol. The third-order valence-electron chi connectivity index (χ3n) is 4.33. The van der Waals surface area contributed by atoms with Crippen LogP contribution in [-0.4, -0.2) is 17.3 Å². The fraction of sp³-hybridized carbons (Fsp3) is 0.0455. The fourth-order valence-corrected chi connectivity index (χ4v) is 3.01. The Morgan fingerprint density at radius 1 is 1.00 bits per heavy atom. The number of hydrazone groups is 1. The zero-order valence-corrected chi connectivity index (χ0v) is 14.7. The average Bonchev–Trinajstić information content (AvgIpc) is 3.10. The molecule has 0 bridgehead atoms. The number of hydrogen-bond acceptors (Lipinski definition) is 4. The topological polar surface area (TPSA) is 67.5 Å². The smallest absolute Gasteiger partial charge is 0.277 e. The number of carbonyl (C=O) groups is 1. The highest BCUT2D eigenvalue weighted by Gasteiger charge is 2.21. The van der Waals surface area contributed by atoms with E-state index in [1.54, 1.807) is 13.1 Å². The van der Waals surface area contributed by atoms with Crippen LogP contribution in [0.15, 0.2) is 82.4 Å². The molecule has 27 heavy (non-hydrogen) atoms. The van der Waals surface area contributed by atoms with Gasteiger partial charge in [-0.3, -0.25) is 4.79 Å². The Bertz CT molecular complexity index is 1130. The van der Waals surface area contributed by atoms with Crippen LogP contribution in [0.4, 0.5) is 0 Å². The summed E-state index contributed by atoms with van der Waals surface area (Å²) in [6.07, 6.45) is 1.64. The summed E-state index contributed by atoms with van der Waals surface area (Å²) in [6.45, 7) is 1.71. The quantitative estimate of drug-likeness (QED) is 0.431. The van der Waals surface area contributed by atoms with Crippen molar-refractivity contribution in [1.82, 2.24) is 10.6 Å². The van der Waals surface area contributed by atoms with Gasteiger partial charge in [-0.15, -0.1) is 0 Å². The summed E-state index contributed by atoms with van der Waals surface area (Å²) < 4.78 is 5.23. The van der Waals surface area contributed by atoms with Crippen molar-refractivity contribution in [2.24, 2.45) is 5.10 Å². The van der Waals surface area contributed by atoms with Crippen LogP contribution in [-0.2, 0) is 0 Å². The molecule has 1 amide bonds. The van der Waals surface area contributed by atoms with E-state index >= 15 is 0 Å². The first-order valence-corrected chi connectivity index (χ1v) is 8.57.